The number of halogens is 3. The Bertz CT molecular complexity index is 605. The minimum Gasteiger partial charge on any atom is -0.405 e. The van der Waals surface area contributed by atoms with E-state index < -0.39 is 12.4 Å². The maximum Gasteiger partial charge on any atom is 0.573 e. The number of hydrogen-bond acceptors (Lipinski definition) is 4. The van der Waals surface area contributed by atoms with E-state index in [1.54, 1.807) is 6.07 Å². The molecule has 2 N–H and O–H groups in total. The maximum absolute atomic E-state index is 12.4. The van der Waals surface area contributed by atoms with Gasteiger partial charge in [-0.25, -0.2) is 4.79 Å². The van der Waals surface area contributed by atoms with Gasteiger partial charge in [0.25, 0.3) is 0 Å². The van der Waals surface area contributed by atoms with Gasteiger partial charge < -0.3 is 20.1 Å². The number of nitrogens with one attached hydrogen (secondary N) is 2. The zero-order valence-electron chi connectivity index (χ0n) is 15.5. The van der Waals surface area contributed by atoms with Crippen LogP contribution < -0.4 is 15.4 Å². The van der Waals surface area contributed by atoms with Gasteiger partial charge in [-0.1, -0.05) is 32.0 Å². The smallest absolute Gasteiger partial charge is 0.405 e. The zero-order chi connectivity index (χ0) is 19.9. The number of morpholine rings is 1. The Morgan fingerprint density at radius 1 is 1.22 bits per heavy atom. The second-order valence-corrected chi connectivity index (χ2v) is 6.68. The van der Waals surface area contributed by atoms with Crippen LogP contribution in [0.5, 0.6) is 5.75 Å². The molecule has 0 spiro atoms. The Hall–Kier alpha value is -2.00. The molecule has 1 heterocycles. The normalized spacial score (nSPS) is 16.8. The first-order valence-corrected chi connectivity index (χ1v) is 8.93. The van der Waals surface area contributed by atoms with Crippen LogP contribution >= 0.6 is 0 Å². The molecule has 27 heavy (non-hydrogen) atoms. The van der Waals surface area contributed by atoms with Crippen LogP contribution in [0.2, 0.25) is 0 Å². The van der Waals surface area contributed by atoms with Gasteiger partial charge in [-0.2, -0.15) is 0 Å². The lowest BCUT2D eigenvalue weighted by Crippen LogP contribution is -2.52. The van der Waals surface area contributed by atoms with Gasteiger partial charge in [0.15, 0.2) is 0 Å². The van der Waals surface area contributed by atoms with E-state index in [0.29, 0.717) is 25.7 Å². The van der Waals surface area contributed by atoms with Crippen molar-refractivity contribution in [1.29, 1.82) is 0 Å². The molecule has 0 saturated carbocycles. The van der Waals surface area contributed by atoms with Crippen LogP contribution in [0.25, 0.3) is 0 Å². The van der Waals surface area contributed by atoms with Crippen molar-refractivity contribution < 1.29 is 27.4 Å². The molecule has 0 bridgehead atoms. The Balaban J connectivity index is 1.85. The van der Waals surface area contributed by atoms with Crippen LogP contribution in [-0.4, -0.2) is 56.2 Å². The number of amides is 2. The molecule has 0 radical (unpaired) electrons. The fourth-order valence-electron chi connectivity index (χ4n) is 3.00. The summed E-state index contributed by atoms with van der Waals surface area (Å²) in [5.74, 6) is 0.0167. The van der Waals surface area contributed by atoms with Crippen LogP contribution in [0.4, 0.5) is 18.0 Å². The third-order valence-corrected chi connectivity index (χ3v) is 4.39. The summed E-state index contributed by atoms with van der Waals surface area (Å²) in [4.78, 5) is 14.4. The number of rotatable bonds is 7. The first-order valence-electron chi connectivity index (χ1n) is 8.93. The predicted octanol–water partition coefficient (Wildman–Crippen LogP) is 2.74. The van der Waals surface area contributed by atoms with Gasteiger partial charge in [-0.15, -0.1) is 13.2 Å². The SMILES string of the molecule is CC(C)C(CNC(=O)NCc1ccccc1OC(F)(F)F)N1CCOCC1. The highest BCUT2D eigenvalue weighted by Crippen LogP contribution is 2.26. The number of nitrogens with zero attached hydrogens (tertiary/aromatic N) is 1. The summed E-state index contributed by atoms with van der Waals surface area (Å²) in [6.45, 7) is 7.53. The number of hydrogen-bond donors (Lipinski definition) is 2. The average molecular weight is 389 g/mol. The number of urea groups is 1. The van der Waals surface area contributed by atoms with Crippen molar-refractivity contribution in [2.45, 2.75) is 32.8 Å². The molecule has 2 rings (SSSR count). The van der Waals surface area contributed by atoms with Gasteiger partial charge in [-0.3, -0.25) is 4.90 Å². The molecule has 1 fully saturated rings. The summed E-state index contributed by atoms with van der Waals surface area (Å²) >= 11 is 0. The summed E-state index contributed by atoms with van der Waals surface area (Å²) < 4.78 is 46.7. The molecule has 1 saturated heterocycles. The third-order valence-electron chi connectivity index (χ3n) is 4.39. The molecule has 2 amide bonds. The largest absolute Gasteiger partial charge is 0.573 e. The summed E-state index contributed by atoms with van der Waals surface area (Å²) in [7, 11) is 0. The van der Waals surface area contributed by atoms with Gasteiger partial charge in [0.05, 0.1) is 13.2 Å². The van der Waals surface area contributed by atoms with Crippen LogP contribution in [0, 0.1) is 5.92 Å². The van der Waals surface area contributed by atoms with Gasteiger partial charge in [-0.05, 0) is 12.0 Å². The molecule has 1 aliphatic heterocycles. The highest BCUT2D eigenvalue weighted by Gasteiger charge is 2.32. The fraction of sp³-hybridized carbons (Fsp3) is 0.611. The molecule has 1 atom stereocenters. The molecule has 1 aliphatic rings. The predicted molar refractivity (Wildman–Crippen MR) is 94.4 cm³/mol. The minimum absolute atomic E-state index is 0.0675. The van der Waals surface area contributed by atoms with Crippen molar-refractivity contribution in [3.63, 3.8) is 0 Å². The Morgan fingerprint density at radius 2 is 1.89 bits per heavy atom. The van der Waals surface area contributed by atoms with Crippen molar-refractivity contribution in [3.8, 4) is 5.75 Å². The molecule has 1 unspecified atom stereocenters. The molecule has 0 aliphatic carbocycles. The van der Waals surface area contributed by atoms with Crippen molar-refractivity contribution in [1.82, 2.24) is 15.5 Å². The van der Waals surface area contributed by atoms with E-state index in [1.165, 1.54) is 18.2 Å². The highest BCUT2D eigenvalue weighted by atomic mass is 19.4. The number of ether oxygens (including phenoxy) is 2. The monoisotopic (exact) mass is 389 g/mol. The van der Waals surface area contributed by atoms with E-state index in [4.69, 9.17) is 4.74 Å². The summed E-state index contributed by atoms with van der Waals surface area (Å²) in [6.07, 6.45) is -4.78. The van der Waals surface area contributed by atoms with Crippen LogP contribution in [0.1, 0.15) is 19.4 Å². The number of carbonyl (C=O) groups is 1. The molecular weight excluding hydrogens is 363 g/mol. The Kier molecular flexibility index (Phi) is 7.73. The molecule has 152 valence electrons. The topological polar surface area (TPSA) is 62.8 Å². The lowest BCUT2D eigenvalue weighted by Gasteiger charge is -2.36. The molecular formula is C18H26F3N3O3. The molecule has 1 aromatic rings. The van der Waals surface area contributed by atoms with Crippen molar-refractivity contribution >= 4 is 6.03 Å². The standard InChI is InChI=1S/C18H26F3N3O3/c1-13(2)15(24-7-9-26-10-8-24)12-23-17(25)22-11-14-5-3-4-6-16(14)27-18(19,20)21/h3-6,13,15H,7-12H2,1-2H3,(H2,22,23,25). The van der Waals surface area contributed by atoms with Gasteiger partial charge in [0.1, 0.15) is 5.75 Å². The summed E-state index contributed by atoms with van der Waals surface area (Å²) in [6, 6.07) is 5.46. The quantitative estimate of drug-likeness (QED) is 0.753. The highest BCUT2D eigenvalue weighted by molar-refractivity contribution is 5.73. The van der Waals surface area contributed by atoms with Crippen molar-refractivity contribution in [3.05, 3.63) is 29.8 Å². The number of para-hydroxylation sites is 1. The first kappa shape index (κ1) is 21.3. The van der Waals surface area contributed by atoms with E-state index in [0.717, 1.165) is 13.1 Å². The van der Waals surface area contributed by atoms with Crippen LogP contribution in [-0.2, 0) is 11.3 Å². The zero-order valence-corrected chi connectivity index (χ0v) is 15.5. The average Bonchev–Trinajstić information content (AvgIpc) is 2.60. The lowest BCUT2D eigenvalue weighted by molar-refractivity contribution is -0.274. The van der Waals surface area contributed by atoms with Gasteiger partial charge >= 0.3 is 12.4 Å². The maximum atomic E-state index is 12.4. The van der Waals surface area contributed by atoms with E-state index in [-0.39, 0.29) is 23.9 Å². The van der Waals surface area contributed by atoms with Crippen molar-refractivity contribution in [2.24, 2.45) is 5.92 Å². The van der Waals surface area contributed by atoms with Crippen LogP contribution in [0.3, 0.4) is 0 Å². The Morgan fingerprint density at radius 3 is 2.52 bits per heavy atom. The Labute approximate surface area is 157 Å². The van der Waals surface area contributed by atoms with Gasteiger partial charge in [0.2, 0.25) is 0 Å². The summed E-state index contributed by atoms with van der Waals surface area (Å²) in [5.41, 5.74) is 0.249. The third kappa shape index (κ3) is 7.26. The minimum atomic E-state index is -4.78. The second kappa shape index (κ2) is 9.80. The number of alkyl halides is 3. The van der Waals surface area contributed by atoms with Crippen LogP contribution in [0.15, 0.2) is 24.3 Å². The number of carbonyl (C=O) groups excluding carboxylic acids is 1. The number of benzene rings is 1. The summed E-state index contributed by atoms with van der Waals surface area (Å²) in [5, 5.41) is 5.39. The fourth-order valence-corrected chi connectivity index (χ4v) is 3.00. The molecule has 9 heteroatoms. The van der Waals surface area contributed by atoms with Crippen molar-refractivity contribution in [2.75, 3.05) is 32.8 Å². The van der Waals surface area contributed by atoms with E-state index in [9.17, 15) is 18.0 Å². The molecule has 6 nitrogen and oxygen atoms in total. The van der Waals surface area contributed by atoms with E-state index in [1.807, 2.05) is 0 Å². The molecule has 1 aromatic carbocycles. The first-order chi connectivity index (χ1) is 12.8. The van der Waals surface area contributed by atoms with Gasteiger partial charge in [0, 0.05) is 37.8 Å². The lowest BCUT2D eigenvalue weighted by atomic mass is 10.0. The molecule has 0 aromatic heterocycles. The van der Waals surface area contributed by atoms with E-state index in [2.05, 4.69) is 34.1 Å². The van der Waals surface area contributed by atoms with E-state index >= 15 is 0 Å². The second-order valence-electron chi connectivity index (χ2n) is 6.68.